The maximum atomic E-state index is 10.1. The number of rotatable bonds is 2. The summed E-state index contributed by atoms with van der Waals surface area (Å²) in [6.45, 7) is 0. The van der Waals surface area contributed by atoms with Gasteiger partial charge in [-0.25, -0.2) is 0 Å². The van der Waals surface area contributed by atoms with E-state index in [0.29, 0.717) is 11.4 Å². The molecule has 0 spiro atoms. The Hall–Kier alpha value is -0.850. The molecule has 4 nitrogen and oxygen atoms in total. The first kappa shape index (κ1) is 11.6. The van der Waals surface area contributed by atoms with Gasteiger partial charge in [0.2, 0.25) is 0 Å². The van der Waals surface area contributed by atoms with Gasteiger partial charge in [-0.05, 0) is 37.9 Å². The van der Waals surface area contributed by atoms with Crippen molar-refractivity contribution in [1.29, 1.82) is 0 Å². The third-order valence-electron chi connectivity index (χ3n) is 1.96. The summed E-state index contributed by atoms with van der Waals surface area (Å²) in [7, 11) is 0. The van der Waals surface area contributed by atoms with Gasteiger partial charge in [-0.1, -0.05) is 0 Å². The highest BCUT2D eigenvalue weighted by Crippen LogP contribution is 2.27. The Morgan fingerprint density at radius 1 is 1.12 bits per heavy atom. The van der Waals surface area contributed by atoms with Crippen molar-refractivity contribution in [3.05, 3.63) is 51.2 Å². The molecule has 2 aromatic heterocycles. The standard InChI is InChI=1S/C10H7Br2N3O/c11-6-3-7(12)9(15-4-6)10(16)8-5-13-1-2-14-8/h1-5,10,16H. The monoisotopic (exact) mass is 343 g/mol. The van der Waals surface area contributed by atoms with Crippen LogP contribution in [0.25, 0.3) is 0 Å². The molecule has 0 amide bonds. The smallest absolute Gasteiger partial charge is 0.140 e. The summed E-state index contributed by atoms with van der Waals surface area (Å²) in [5.74, 6) is 0. The molecule has 0 saturated heterocycles. The van der Waals surface area contributed by atoms with Crippen molar-refractivity contribution in [3.63, 3.8) is 0 Å². The fourth-order valence-corrected chi connectivity index (χ4v) is 2.42. The first-order valence-electron chi connectivity index (χ1n) is 4.43. The SMILES string of the molecule is OC(c1cnccn1)c1ncc(Br)cc1Br. The molecule has 0 aliphatic heterocycles. The maximum absolute atomic E-state index is 10.1. The van der Waals surface area contributed by atoms with Crippen LogP contribution >= 0.6 is 31.9 Å². The number of hydrogen-bond acceptors (Lipinski definition) is 4. The second kappa shape index (κ2) is 4.99. The van der Waals surface area contributed by atoms with Crippen molar-refractivity contribution in [2.75, 3.05) is 0 Å². The number of aromatic nitrogens is 3. The summed E-state index contributed by atoms with van der Waals surface area (Å²) in [5.41, 5.74) is 0.988. The molecule has 2 heterocycles. The van der Waals surface area contributed by atoms with Crippen LogP contribution in [-0.4, -0.2) is 20.1 Å². The molecule has 0 fully saturated rings. The minimum absolute atomic E-state index is 0.470. The van der Waals surface area contributed by atoms with Gasteiger partial charge in [0.05, 0.1) is 17.6 Å². The second-order valence-electron chi connectivity index (χ2n) is 3.05. The molecule has 16 heavy (non-hydrogen) atoms. The molecular weight excluding hydrogens is 338 g/mol. The molecule has 2 rings (SSSR count). The molecule has 0 aliphatic rings. The van der Waals surface area contributed by atoms with Crippen LogP contribution in [0.1, 0.15) is 17.5 Å². The molecule has 1 unspecified atom stereocenters. The van der Waals surface area contributed by atoms with Crippen molar-refractivity contribution < 1.29 is 5.11 Å². The van der Waals surface area contributed by atoms with Gasteiger partial charge in [-0.3, -0.25) is 15.0 Å². The van der Waals surface area contributed by atoms with Crippen LogP contribution in [-0.2, 0) is 0 Å². The number of hydrogen-bond donors (Lipinski definition) is 1. The van der Waals surface area contributed by atoms with Crippen molar-refractivity contribution in [3.8, 4) is 0 Å². The Balaban J connectivity index is 2.38. The largest absolute Gasteiger partial charge is 0.380 e. The molecular formula is C10H7Br2N3O. The average Bonchev–Trinajstić information content (AvgIpc) is 2.29. The minimum atomic E-state index is -0.879. The van der Waals surface area contributed by atoms with Crippen molar-refractivity contribution in [2.24, 2.45) is 0 Å². The lowest BCUT2D eigenvalue weighted by Gasteiger charge is -2.10. The van der Waals surface area contributed by atoms with Gasteiger partial charge in [0.1, 0.15) is 6.10 Å². The highest BCUT2D eigenvalue weighted by atomic mass is 79.9. The van der Waals surface area contributed by atoms with Gasteiger partial charge in [0.15, 0.2) is 0 Å². The van der Waals surface area contributed by atoms with Crippen LogP contribution in [0, 0.1) is 0 Å². The summed E-state index contributed by atoms with van der Waals surface area (Å²) < 4.78 is 1.56. The zero-order chi connectivity index (χ0) is 11.5. The third-order valence-corrected chi connectivity index (χ3v) is 3.03. The van der Waals surface area contributed by atoms with Gasteiger partial charge in [-0.2, -0.15) is 0 Å². The highest BCUT2D eigenvalue weighted by Gasteiger charge is 2.16. The van der Waals surface area contributed by atoms with Crippen molar-refractivity contribution >= 4 is 31.9 Å². The maximum Gasteiger partial charge on any atom is 0.140 e. The number of halogens is 2. The summed E-state index contributed by atoms with van der Waals surface area (Å²) in [5, 5.41) is 10.1. The lowest BCUT2D eigenvalue weighted by Crippen LogP contribution is -2.05. The van der Waals surface area contributed by atoms with E-state index in [1.165, 1.54) is 12.4 Å². The van der Waals surface area contributed by atoms with Gasteiger partial charge in [-0.15, -0.1) is 0 Å². The van der Waals surface area contributed by atoms with E-state index in [2.05, 4.69) is 46.8 Å². The molecule has 0 saturated carbocycles. The van der Waals surface area contributed by atoms with E-state index in [-0.39, 0.29) is 0 Å². The van der Waals surface area contributed by atoms with Crippen LogP contribution in [0.15, 0.2) is 39.8 Å². The Kier molecular flexibility index (Phi) is 3.63. The fraction of sp³-hybridized carbons (Fsp3) is 0.100. The topological polar surface area (TPSA) is 58.9 Å². The third kappa shape index (κ3) is 2.45. The molecule has 82 valence electrons. The second-order valence-corrected chi connectivity index (χ2v) is 4.82. The zero-order valence-electron chi connectivity index (χ0n) is 8.01. The lowest BCUT2D eigenvalue weighted by atomic mass is 10.2. The Bertz CT molecular complexity index is 493. The first-order chi connectivity index (χ1) is 7.68. The normalized spacial score (nSPS) is 12.4. The lowest BCUT2D eigenvalue weighted by molar-refractivity contribution is 0.209. The van der Waals surface area contributed by atoms with Gasteiger partial charge in [0, 0.05) is 27.5 Å². The first-order valence-corrected chi connectivity index (χ1v) is 6.02. The van der Waals surface area contributed by atoms with E-state index in [1.54, 1.807) is 12.4 Å². The quantitative estimate of drug-likeness (QED) is 0.909. The predicted molar refractivity (Wildman–Crippen MR) is 65.7 cm³/mol. The molecule has 2 aromatic rings. The number of aliphatic hydroxyl groups is 1. The number of aliphatic hydroxyl groups excluding tert-OH is 1. The van der Waals surface area contributed by atoms with Crippen LogP contribution in [0.2, 0.25) is 0 Å². The minimum Gasteiger partial charge on any atom is -0.380 e. The molecule has 1 atom stereocenters. The van der Waals surface area contributed by atoms with Crippen LogP contribution in [0.4, 0.5) is 0 Å². The molecule has 0 radical (unpaired) electrons. The average molecular weight is 345 g/mol. The van der Waals surface area contributed by atoms with E-state index in [0.717, 1.165) is 8.95 Å². The molecule has 0 aromatic carbocycles. The molecule has 0 aliphatic carbocycles. The summed E-state index contributed by atoms with van der Waals surface area (Å²) in [6.07, 6.45) is 5.35. The Labute approximate surface area is 109 Å². The van der Waals surface area contributed by atoms with Crippen LogP contribution in [0.5, 0.6) is 0 Å². The summed E-state index contributed by atoms with van der Waals surface area (Å²) in [4.78, 5) is 12.1. The fourth-order valence-electron chi connectivity index (χ4n) is 1.22. The highest BCUT2D eigenvalue weighted by molar-refractivity contribution is 9.11. The van der Waals surface area contributed by atoms with Gasteiger partial charge >= 0.3 is 0 Å². The van der Waals surface area contributed by atoms with Crippen molar-refractivity contribution in [1.82, 2.24) is 15.0 Å². The van der Waals surface area contributed by atoms with Crippen molar-refractivity contribution in [2.45, 2.75) is 6.10 Å². The molecule has 0 bridgehead atoms. The van der Waals surface area contributed by atoms with E-state index in [9.17, 15) is 5.11 Å². The van der Waals surface area contributed by atoms with Crippen LogP contribution < -0.4 is 0 Å². The van der Waals surface area contributed by atoms with E-state index >= 15 is 0 Å². The van der Waals surface area contributed by atoms with Crippen LogP contribution in [0.3, 0.4) is 0 Å². The predicted octanol–water partition coefficient (Wildman–Crippen LogP) is 2.48. The van der Waals surface area contributed by atoms with E-state index < -0.39 is 6.10 Å². The molecule has 6 heteroatoms. The number of pyridine rings is 1. The summed E-state index contributed by atoms with van der Waals surface area (Å²) in [6, 6.07) is 1.82. The van der Waals surface area contributed by atoms with E-state index in [4.69, 9.17) is 0 Å². The Morgan fingerprint density at radius 2 is 1.94 bits per heavy atom. The van der Waals surface area contributed by atoms with Gasteiger partial charge in [0.25, 0.3) is 0 Å². The zero-order valence-corrected chi connectivity index (χ0v) is 11.2. The molecule has 1 N–H and O–H groups in total. The Morgan fingerprint density at radius 3 is 2.56 bits per heavy atom. The summed E-state index contributed by atoms with van der Waals surface area (Å²) >= 11 is 6.64. The van der Waals surface area contributed by atoms with Gasteiger partial charge < -0.3 is 5.11 Å². The van der Waals surface area contributed by atoms with E-state index in [1.807, 2.05) is 6.07 Å². The number of nitrogens with zero attached hydrogens (tertiary/aromatic N) is 3.